The zero-order valence-electron chi connectivity index (χ0n) is 37.2. The van der Waals surface area contributed by atoms with E-state index in [2.05, 4.69) is 24.0 Å². The van der Waals surface area contributed by atoms with Gasteiger partial charge in [-0.15, -0.1) is 6.58 Å². The second-order valence-corrected chi connectivity index (χ2v) is 17.7. The fraction of sp³-hybridized carbons (Fsp3) is 0.480. The summed E-state index contributed by atoms with van der Waals surface area (Å²) in [6.45, 7) is 12.4. The number of nitrogens with one attached hydrogen (secondary N) is 1. The van der Waals surface area contributed by atoms with Crippen molar-refractivity contribution in [1.29, 1.82) is 5.26 Å². The minimum Gasteiger partial charge on any atom is -0.459 e. The summed E-state index contributed by atoms with van der Waals surface area (Å²) in [7, 11) is 0. The van der Waals surface area contributed by atoms with E-state index in [0.717, 1.165) is 42.4 Å². The van der Waals surface area contributed by atoms with E-state index in [1.807, 2.05) is 52.0 Å². The van der Waals surface area contributed by atoms with Gasteiger partial charge in [-0.3, -0.25) is 4.79 Å². The molecule has 0 radical (unpaired) electrons. The normalized spacial score (nSPS) is 23.4. The number of unbranched alkanes of at least 4 members (excludes halogenated alkanes) is 2. The van der Waals surface area contributed by atoms with Gasteiger partial charge in [-0.1, -0.05) is 36.2 Å². The summed E-state index contributed by atoms with van der Waals surface area (Å²) in [4.78, 5) is 36.3. The number of aliphatic hydroxyl groups is 2. The predicted molar refractivity (Wildman–Crippen MR) is 239 cm³/mol. The largest absolute Gasteiger partial charge is 0.459 e. The molecule has 3 aromatic carbocycles. The molecule has 3 N–H and O–H groups in total. The molecular weight excluding hydrogens is 817 g/mol. The van der Waals surface area contributed by atoms with Gasteiger partial charge < -0.3 is 49.0 Å². The Balaban J connectivity index is 1.49. The standard InChI is InChI=1S/C50H60N4O10/c1-6-24-61-50-44(54(47(57)34-17-14-32(29-51)15-18-34)30-33-16-20-42-43(25-33)60-31-59-42)28-40(53-64-49(3,4)5)38-26-35(12-8-10-22-55)37(13-9-11-23-56)45(46(38)50)39-27-36(19-21-41(39)63-50)62-48(58)52-7-2/h6,14-21,25-27,35,37,44-46,55-56H,1,7-13,22-24,28,30-31H2,2-5H3,(H,52,58). The summed E-state index contributed by atoms with van der Waals surface area (Å²) >= 11 is 0. The number of amides is 2. The first-order chi connectivity index (χ1) is 30.9. The zero-order chi connectivity index (χ0) is 45.4. The molecule has 2 heterocycles. The molecule has 6 unspecified atom stereocenters. The van der Waals surface area contributed by atoms with Crippen LogP contribution in [-0.4, -0.2) is 83.4 Å². The van der Waals surface area contributed by atoms with Crippen molar-refractivity contribution in [2.75, 3.05) is 33.2 Å². The van der Waals surface area contributed by atoms with E-state index in [4.69, 9.17) is 33.7 Å². The fourth-order valence-corrected chi connectivity index (χ4v) is 9.60. The topological polar surface area (TPSA) is 181 Å². The van der Waals surface area contributed by atoms with Crippen molar-refractivity contribution in [3.63, 3.8) is 0 Å². The lowest BCUT2D eigenvalue weighted by atomic mass is 9.55. The first-order valence-electron chi connectivity index (χ1n) is 22.4. The third-order valence-electron chi connectivity index (χ3n) is 12.3. The number of nitrogens with zero attached hydrogens (tertiary/aromatic N) is 3. The second kappa shape index (κ2) is 20.3. The van der Waals surface area contributed by atoms with Crippen LogP contribution >= 0.6 is 0 Å². The number of hydrogen-bond acceptors (Lipinski definition) is 12. The Morgan fingerprint density at radius 3 is 2.44 bits per heavy atom. The quantitative estimate of drug-likeness (QED) is 0.0637. The van der Waals surface area contributed by atoms with Gasteiger partial charge in [0.1, 0.15) is 23.1 Å². The van der Waals surface area contributed by atoms with E-state index >= 15 is 4.79 Å². The Morgan fingerprint density at radius 2 is 1.73 bits per heavy atom. The fourth-order valence-electron chi connectivity index (χ4n) is 9.60. The van der Waals surface area contributed by atoms with E-state index in [1.165, 1.54) is 0 Å². The molecule has 14 heteroatoms. The van der Waals surface area contributed by atoms with Crippen molar-refractivity contribution < 1.29 is 48.3 Å². The van der Waals surface area contributed by atoms with Crippen molar-refractivity contribution >= 4 is 17.7 Å². The van der Waals surface area contributed by atoms with Crippen molar-refractivity contribution in [1.82, 2.24) is 10.2 Å². The van der Waals surface area contributed by atoms with Crippen LogP contribution in [0.3, 0.4) is 0 Å². The summed E-state index contributed by atoms with van der Waals surface area (Å²) in [5.74, 6) is -0.841. The van der Waals surface area contributed by atoms with Gasteiger partial charge in [-0.25, -0.2) is 4.79 Å². The van der Waals surface area contributed by atoms with Gasteiger partial charge in [0, 0.05) is 49.8 Å². The molecule has 2 aliphatic heterocycles. The molecule has 6 atom stereocenters. The molecule has 1 fully saturated rings. The molecule has 3 aromatic rings. The number of aliphatic hydroxyl groups excluding tert-OH is 2. The molecule has 340 valence electrons. The summed E-state index contributed by atoms with van der Waals surface area (Å²) in [5, 5.41) is 37.2. The predicted octanol–water partition coefficient (Wildman–Crippen LogP) is 8.17. The number of ether oxygens (including phenoxy) is 5. The number of hydrogen-bond donors (Lipinski definition) is 3. The molecule has 0 spiro atoms. The van der Waals surface area contributed by atoms with Gasteiger partial charge in [0.2, 0.25) is 12.6 Å². The van der Waals surface area contributed by atoms with Crippen molar-refractivity contribution in [3.05, 3.63) is 107 Å². The molecule has 0 aromatic heterocycles. The molecule has 64 heavy (non-hydrogen) atoms. The Kier molecular flexibility index (Phi) is 14.6. The van der Waals surface area contributed by atoms with Gasteiger partial charge in [-0.05, 0) is 131 Å². The average molecular weight is 877 g/mol. The van der Waals surface area contributed by atoms with Crippen LogP contribution in [0, 0.1) is 29.1 Å². The lowest BCUT2D eigenvalue weighted by molar-refractivity contribution is -0.255. The second-order valence-electron chi connectivity index (χ2n) is 17.7. The third-order valence-corrected chi connectivity index (χ3v) is 12.3. The highest BCUT2D eigenvalue weighted by atomic mass is 16.7. The number of benzene rings is 3. The minimum atomic E-state index is -1.55. The number of carbonyl (C=O) groups is 2. The van der Waals surface area contributed by atoms with Gasteiger partial charge in [0.15, 0.2) is 11.5 Å². The van der Waals surface area contributed by atoms with Crippen LogP contribution in [0.5, 0.6) is 23.0 Å². The summed E-state index contributed by atoms with van der Waals surface area (Å²) in [6, 6.07) is 18.8. The summed E-state index contributed by atoms with van der Waals surface area (Å²) in [5.41, 5.74) is 3.21. The maximum absolute atomic E-state index is 15.4. The van der Waals surface area contributed by atoms with Crippen molar-refractivity contribution in [2.24, 2.45) is 22.9 Å². The maximum Gasteiger partial charge on any atom is 0.412 e. The number of fused-ring (bicyclic) bond motifs is 3. The van der Waals surface area contributed by atoms with Crippen LogP contribution in [-0.2, 0) is 16.1 Å². The van der Waals surface area contributed by atoms with E-state index < -0.39 is 29.4 Å². The first-order valence-corrected chi connectivity index (χ1v) is 22.4. The van der Waals surface area contributed by atoms with Crippen LogP contribution in [0.15, 0.2) is 90.1 Å². The third kappa shape index (κ3) is 9.92. The van der Waals surface area contributed by atoms with Gasteiger partial charge >= 0.3 is 6.09 Å². The highest BCUT2D eigenvalue weighted by Crippen LogP contribution is 2.62. The van der Waals surface area contributed by atoms with E-state index in [9.17, 15) is 20.3 Å². The zero-order valence-corrected chi connectivity index (χ0v) is 37.2. The average Bonchev–Trinajstić information content (AvgIpc) is 3.76. The Bertz CT molecular complexity index is 2260. The molecular formula is C50H60N4O10. The summed E-state index contributed by atoms with van der Waals surface area (Å²) < 4.78 is 31.8. The molecule has 2 aliphatic carbocycles. The van der Waals surface area contributed by atoms with E-state index in [1.54, 1.807) is 47.4 Å². The molecule has 14 nitrogen and oxygen atoms in total. The van der Waals surface area contributed by atoms with Crippen LogP contribution in [0.2, 0.25) is 0 Å². The Hall–Kier alpha value is -5.88. The highest BCUT2D eigenvalue weighted by molar-refractivity contribution is 6.03. The monoisotopic (exact) mass is 876 g/mol. The van der Waals surface area contributed by atoms with E-state index in [-0.39, 0.29) is 63.2 Å². The van der Waals surface area contributed by atoms with Crippen LogP contribution < -0.4 is 24.3 Å². The Morgan fingerprint density at radius 1 is 1.00 bits per heavy atom. The smallest absolute Gasteiger partial charge is 0.412 e. The molecule has 1 saturated carbocycles. The van der Waals surface area contributed by atoms with Gasteiger partial charge in [-0.2, -0.15) is 5.26 Å². The molecule has 2 amide bonds. The first kappa shape index (κ1) is 46.1. The van der Waals surface area contributed by atoms with Crippen LogP contribution in [0.25, 0.3) is 0 Å². The molecule has 7 rings (SSSR count). The Labute approximate surface area is 375 Å². The maximum atomic E-state index is 15.4. The van der Waals surface area contributed by atoms with Crippen molar-refractivity contribution in [3.8, 4) is 29.1 Å². The van der Waals surface area contributed by atoms with Gasteiger partial charge in [0.05, 0.1) is 29.9 Å². The molecule has 0 bridgehead atoms. The lowest BCUT2D eigenvalue weighted by Crippen LogP contribution is -2.70. The lowest BCUT2D eigenvalue weighted by Gasteiger charge is -2.60. The number of rotatable bonds is 18. The number of nitriles is 1. The summed E-state index contributed by atoms with van der Waals surface area (Å²) in [6.07, 6.45) is 7.79. The molecule has 4 aliphatic rings. The van der Waals surface area contributed by atoms with Crippen LogP contribution in [0.4, 0.5) is 4.79 Å². The van der Waals surface area contributed by atoms with E-state index in [0.29, 0.717) is 59.2 Å². The van der Waals surface area contributed by atoms with Crippen molar-refractivity contribution in [2.45, 2.75) is 103 Å². The van der Waals surface area contributed by atoms with Crippen LogP contribution in [0.1, 0.15) is 106 Å². The minimum absolute atomic E-state index is 0.00100. The molecule has 0 saturated heterocycles. The number of carbonyl (C=O) groups excluding carboxylic acids is 2. The number of oxime groups is 1. The highest BCUT2D eigenvalue weighted by Gasteiger charge is 2.65. The van der Waals surface area contributed by atoms with Gasteiger partial charge in [0.25, 0.3) is 5.91 Å². The SMILES string of the molecule is C=CCOC12Oc3ccc(OC(=O)NCC)cc3C3C(CCCCO)C(CCCCO)C=C(C(=NOC(C)(C)C)CC1N(Cc1ccc4c(c1)OCO4)C(=O)c1ccc(C#N)cc1)C32. The number of allylic oxidation sites excluding steroid dienone is 1.